The van der Waals surface area contributed by atoms with E-state index in [1.54, 1.807) is 30.5 Å². The second-order valence-corrected chi connectivity index (χ2v) is 8.35. The summed E-state index contributed by atoms with van der Waals surface area (Å²) in [5.41, 5.74) is 7.67. The number of rotatable bonds is 4. The zero-order valence-electron chi connectivity index (χ0n) is 18.5. The van der Waals surface area contributed by atoms with Gasteiger partial charge in [-0.1, -0.05) is 12.1 Å². The van der Waals surface area contributed by atoms with Crippen molar-refractivity contribution >= 4 is 23.1 Å². The predicted molar refractivity (Wildman–Crippen MR) is 125 cm³/mol. The van der Waals surface area contributed by atoms with E-state index in [-0.39, 0.29) is 17.3 Å². The molecule has 1 aliphatic heterocycles. The third kappa shape index (κ3) is 4.54. The number of halogens is 3. The van der Waals surface area contributed by atoms with Gasteiger partial charge in [0.2, 0.25) is 0 Å². The first-order chi connectivity index (χ1) is 16.8. The summed E-state index contributed by atoms with van der Waals surface area (Å²) in [7, 11) is 0. The fourth-order valence-electron chi connectivity index (χ4n) is 4.29. The zero-order valence-corrected chi connectivity index (χ0v) is 18.5. The van der Waals surface area contributed by atoms with Gasteiger partial charge in [-0.25, -0.2) is 15.0 Å². The number of carbonyl (C=O) groups is 1. The number of nitrogen functional groups attached to an aromatic ring is 1. The molecule has 0 aliphatic carbocycles. The minimum Gasteiger partial charge on any atom is -0.382 e. The van der Waals surface area contributed by atoms with Crippen LogP contribution in [0.25, 0.3) is 16.8 Å². The quantitative estimate of drug-likeness (QED) is 0.405. The molecule has 1 fully saturated rings. The average molecular weight is 481 g/mol. The molecule has 35 heavy (non-hydrogen) atoms. The highest BCUT2D eigenvalue weighted by molar-refractivity contribution is 6.04. The van der Waals surface area contributed by atoms with E-state index in [0.717, 1.165) is 55.6 Å². The maximum atomic E-state index is 12.9. The van der Waals surface area contributed by atoms with Crippen LogP contribution in [0.1, 0.15) is 40.5 Å². The van der Waals surface area contributed by atoms with E-state index in [2.05, 4.69) is 20.6 Å². The number of hydrogen-bond donors (Lipinski definition) is 3. The minimum absolute atomic E-state index is 0.182. The monoisotopic (exact) mass is 481 g/mol. The molecule has 1 atom stereocenters. The summed E-state index contributed by atoms with van der Waals surface area (Å²) in [6.07, 6.45) is 2.03. The van der Waals surface area contributed by atoms with Gasteiger partial charge in [0, 0.05) is 42.2 Å². The summed E-state index contributed by atoms with van der Waals surface area (Å²) in [4.78, 5) is 25.5. The molecular formula is C24H22F3N7O. The van der Waals surface area contributed by atoms with Gasteiger partial charge < -0.3 is 16.4 Å². The molecule has 1 aliphatic rings. The maximum Gasteiger partial charge on any atom is 0.416 e. The van der Waals surface area contributed by atoms with E-state index in [9.17, 15) is 18.0 Å². The molecular weight excluding hydrogens is 459 g/mol. The van der Waals surface area contributed by atoms with Crippen LogP contribution in [0.5, 0.6) is 0 Å². The van der Waals surface area contributed by atoms with Crippen LogP contribution in [-0.2, 0) is 6.18 Å². The van der Waals surface area contributed by atoms with Gasteiger partial charge in [0.25, 0.3) is 5.91 Å². The number of nitrogens with one attached hydrogen (secondary N) is 2. The molecule has 1 amide bonds. The van der Waals surface area contributed by atoms with Gasteiger partial charge in [-0.15, -0.1) is 0 Å². The molecule has 0 saturated carbocycles. The first-order valence-electron chi connectivity index (χ1n) is 11.1. The Labute approximate surface area is 198 Å². The molecule has 1 unspecified atom stereocenters. The fourth-order valence-corrected chi connectivity index (χ4v) is 4.29. The van der Waals surface area contributed by atoms with Crippen LogP contribution in [-0.4, -0.2) is 38.3 Å². The number of alkyl halides is 3. The van der Waals surface area contributed by atoms with Gasteiger partial charge >= 0.3 is 6.18 Å². The highest BCUT2D eigenvalue weighted by Crippen LogP contribution is 2.33. The highest BCUT2D eigenvalue weighted by atomic mass is 19.4. The lowest BCUT2D eigenvalue weighted by atomic mass is 9.99. The number of nitrogens with two attached hydrogens (primary N) is 1. The van der Waals surface area contributed by atoms with Crippen molar-refractivity contribution in [2.24, 2.45) is 0 Å². The summed E-state index contributed by atoms with van der Waals surface area (Å²) in [5, 5.41) is 5.81. The molecule has 4 N–H and O–H groups in total. The molecule has 0 radical (unpaired) electrons. The number of imidazole rings is 1. The third-order valence-electron chi connectivity index (χ3n) is 6.02. The van der Waals surface area contributed by atoms with Crippen molar-refractivity contribution in [2.45, 2.75) is 24.9 Å². The van der Waals surface area contributed by atoms with Crippen molar-refractivity contribution < 1.29 is 18.0 Å². The molecule has 0 spiro atoms. The van der Waals surface area contributed by atoms with Gasteiger partial charge in [0.15, 0.2) is 0 Å². The van der Waals surface area contributed by atoms with E-state index in [1.165, 1.54) is 0 Å². The molecule has 8 nitrogen and oxygen atoms in total. The van der Waals surface area contributed by atoms with E-state index in [4.69, 9.17) is 10.7 Å². The Bertz CT molecular complexity index is 1380. The van der Waals surface area contributed by atoms with Crippen molar-refractivity contribution in [2.75, 3.05) is 24.1 Å². The van der Waals surface area contributed by atoms with E-state index in [1.807, 2.05) is 10.6 Å². The van der Waals surface area contributed by atoms with Crippen molar-refractivity contribution in [3.63, 3.8) is 0 Å². The summed E-state index contributed by atoms with van der Waals surface area (Å²) < 4.78 is 40.8. The second kappa shape index (κ2) is 8.99. The Balaban J connectivity index is 1.43. The van der Waals surface area contributed by atoms with E-state index >= 15 is 0 Å². The van der Waals surface area contributed by atoms with Crippen molar-refractivity contribution in [3.8, 4) is 11.3 Å². The van der Waals surface area contributed by atoms with Crippen molar-refractivity contribution in [3.05, 3.63) is 71.9 Å². The van der Waals surface area contributed by atoms with E-state index in [0.29, 0.717) is 17.0 Å². The SMILES string of the molecule is Nc1nccn2c(C3CCCNC3)nc(-c3ccc(C(=O)Nc4cc(C(F)(F)F)ccn4)cc3)c12. The molecule has 1 aromatic carbocycles. The maximum absolute atomic E-state index is 12.9. The Hall–Kier alpha value is -3.99. The number of pyridine rings is 1. The summed E-state index contributed by atoms with van der Waals surface area (Å²) in [5.74, 6) is 0.722. The molecule has 1 saturated heterocycles. The largest absolute Gasteiger partial charge is 0.416 e. The lowest BCUT2D eigenvalue weighted by molar-refractivity contribution is -0.137. The number of amides is 1. The number of anilines is 2. The zero-order chi connectivity index (χ0) is 24.6. The number of carbonyl (C=O) groups excluding carboxylic acids is 1. The van der Waals surface area contributed by atoms with Gasteiger partial charge in [-0.3, -0.25) is 9.20 Å². The first-order valence-corrected chi connectivity index (χ1v) is 11.1. The number of fused-ring (bicyclic) bond motifs is 1. The number of piperidine rings is 1. The molecule has 3 aromatic heterocycles. The average Bonchev–Trinajstić information content (AvgIpc) is 3.25. The number of nitrogens with zero attached hydrogens (tertiary/aromatic N) is 4. The van der Waals surface area contributed by atoms with Crippen LogP contribution in [0.2, 0.25) is 0 Å². The van der Waals surface area contributed by atoms with Gasteiger partial charge in [0.1, 0.15) is 28.7 Å². The van der Waals surface area contributed by atoms with Crippen molar-refractivity contribution in [1.29, 1.82) is 0 Å². The fraction of sp³-hybridized carbons (Fsp3) is 0.250. The van der Waals surface area contributed by atoms with Crippen LogP contribution >= 0.6 is 0 Å². The van der Waals surface area contributed by atoms with Gasteiger partial charge in [0.05, 0.1) is 5.56 Å². The number of benzene rings is 1. The van der Waals surface area contributed by atoms with Gasteiger partial charge in [-0.2, -0.15) is 13.2 Å². The molecule has 0 bridgehead atoms. The normalized spacial score (nSPS) is 16.4. The Morgan fingerprint density at radius 2 is 1.94 bits per heavy atom. The molecule has 5 rings (SSSR count). The van der Waals surface area contributed by atoms with Crippen LogP contribution in [0, 0.1) is 0 Å². The van der Waals surface area contributed by atoms with Crippen LogP contribution in [0.4, 0.5) is 24.8 Å². The lowest BCUT2D eigenvalue weighted by Crippen LogP contribution is -2.29. The predicted octanol–water partition coefficient (Wildman–Crippen LogP) is 4.11. The number of hydrogen-bond acceptors (Lipinski definition) is 6. The third-order valence-corrected chi connectivity index (χ3v) is 6.02. The molecule has 4 aromatic rings. The lowest BCUT2D eigenvalue weighted by Gasteiger charge is -2.21. The summed E-state index contributed by atoms with van der Waals surface area (Å²) in [6, 6.07) is 8.26. The van der Waals surface area contributed by atoms with Crippen molar-refractivity contribution in [1.82, 2.24) is 24.7 Å². The van der Waals surface area contributed by atoms with Crippen LogP contribution < -0.4 is 16.4 Å². The smallest absolute Gasteiger partial charge is 0.382 e. The Morgan fingerprint density at radius 3 is 2.66 bits per heavy atom. The topological polar surface area (TPSA) is 110 Å². The van der Waals surface area contributed by atoms with Crippen LogP contribution in [0.3, 0.4) is 0 Å². The summed E-state index contributed by atoms with van der Waals surface area (Å²) >= 11 is 0. The first kappa shape index (κ1) is 22.8. The Morgan fingerprint density at radius 1 is 1.14 bits per heavy atom. The molecule has 180 valence electrons. The van der Waals surface area contributed by atoms with Crippen LogP contribution in [0.15, 0.2) is 55.0 Å². The standard InChI is InChI=1S/C24H22F3N7O/c25-24(26,27)17-7-9-30-18(12-17)32-23(35)15-5-3-14(4-6-15)19-20-21(28)31-10-11-34(20)22(33-19)16-2-1-8-29-13-16/h3-7,9-12,16,29H,1-2,8,13H2,(H2,28,31)(H,30,32,35). The second-order valence-electron chi connectivity index (χ2n) is 8.35. The van der Waals surface area contributed by atoms with Gasteiger partial charge in [-0.05, 0) is 43.7 Å². The number of aromatic nitrogens is 4. The highest BCUT2D eigenvalue weighted by Gasteiger charge is 2.31. The minimum atomic E-state index is -4.53. The molecule has 4 heterocycles. The van der Waals surface area contributed by atoms with E-state index < -0.39 is 17.6 Å². The molecule has 11 heteroatoms. The Kier molecular flexibility index (Phi) is 5.85. The summed E-state index contributed by atoms with van der Waals surface area (Å²) in [6.45, 7) is 1.80.